The van der Waals surface area contributed by atoms with Crippen LogP contribution in [0, 0.1) is 11.8 Å². The average molecular weight is 403 g/mol. The fraction of sp³-hybridized carbons (Fsp3) is 0.542. The lowest BCUT2D eigenvalue weighted by molar-refractivity contribution is -0.137. The third-order valence-electron chi connectivity index (χ3n) is 5.63. The first-order valence-corrected chi connectivity index (χ1v) is 10.6. The van der Waals surface area contributed by atoms with Crippen molar-refractivity contribution in [1.82, 2.24) is 0 Å². The Bertz CT molecular complexity index is 654. The maximum Gasteiger partial charge on any atom is 0.303 e. The highest BCUT2D eigenvalue weighted by atomic mass is 16.4. The quantitative estimate of drug-likeness (QED) is 0.317. The number of benzene rings is 1. The van der Waals surface area contributed by atoms with Gasteiger partial charge in [-0.15, -0.1) is 0 Å². The van der Waals surface area contributed by atoms with E-state index >= 15 is 0 Å². The molecule has 5 nitrogen and oxygen atoms in total. The van der Waals surface area contributed by atoms with Crippen LogP contribution in [-0.2, 0) is 11.2 Å². The molecule has 2 rings (SSSR count). The highest BCUT2D eigenvalue weighted by molar-refractivity contribution is 5.66. The molecule has 0 saturated heterocycles. The Labute approximate surface area is 173 Å². The van der Waals surface area contributed by atoms with Crippen LogP contribution in [0.3, 0.4) is 0 Å². The zero-order valence-corrected chi connectivity index (χ0v) is 16.9. The van der Waals surface area contributed by atoms with Crippen LogP contribution in [0.2, 0.25) is 0 Å². The Balaban J connectivity index is 1.78. The van der Waals surface area contributed by atoms with Crippen LogP contribution in [0.25, 0.3) is 0 Å². The standard InChI is InChI=1S/C24H34O5/c25-19(14-13-18-9-5-4-6-10-18)15-16-21-20(22(26)17-23(21)27)11-7-2-1-3-8-12-24(28)29/h2,4-7,9-10,15-16,19-23,25-27H,1,3,8,11-14,17H2,(H,28,29). The molecule has 0 spiro atoms. The van der Waals surface area contributed by atoms with Crippen molar-refractivity contribution < 1.29 is 25.2 Å². The van der Waals surface area contributed by atoms with Gasteiger partial charge in [-0.05, 0) is 50.0 Å². The van der Waals surface area contributed by atoms with Gasteiger partial charge >= 0.3 is 5.97 Å². The minimum Gasteiger partial charge on any atom is -0.481 e. The van der Waals surface area contributed by atoms with Crippen molar-refractivity contribution >= 4 is 5.97 Å². The van der Waals surface area contributed by atoms with E-state index in [2.05, 4.69) is 0 Å². The first-order chi connectivity index (χ1) is 14.0. The number of aliphatic hydroxyl groups excluding tert-OH is 3. The minimum atomic E-state index is -0.766. The van der Waals surface area contributed by atoms with Gasteiger partial charge in [0.15, 0.2) is 0 Å². The van der Waals surface area contributed by atoms with E-state index in [4.69, 9.17) is 5.11 Å². The molecule has 1 saturated carbocycles. The fourth-order valence-electron chi connectivity index (χ4n) is 3.93. The monoisotopic (exact) mass is 402 g/mol. The summed E-state index contributed by atoms with van der Waals surface area (Å²) in [6.07, 6.45) is 10.8. The third-order valence-corrected chi connectivity index (χ3v) is 5.63. The number of rotatable bonds is 12. The predicted molar refractivity (Wildman–Crippen MR) is 113 cm³/mol. The second kappa shape index (κ2) is 12.6. The summed E-state index contributed by atoms with van der Waals surface area (Å²) >= 11 is 0. The number of allylic oxidation sites excluding steroid dienone is 2. The second-order valence-electron chi connectivity index (χ2n) is 7.93. The third kappa shape index (κ3) is 8.52. The molecular formula is C24H34O5. The van der Waals surface area contributed by atoms with E-state index in [0.29, 0.717) is 25.7 Å². The number of carboxylic acids is 1. The summed E-state index contributed by atoms with van der Waals surface area (Å²) < 4.78 is 0. The smallest absolute Gasteiger partial charge is 0.303 e. The lowest BCUT2D eigenvalue weighted by Gasteiger charge is -2.19. The maximum atomic E-state index is 10.5. The Morgan fingerprint density at radius 2 is 1.86 bits per heavy atom. The molecule has 0 radical (unpaired) electrons. The van der Waals surface area contributed by atoms with Gasteiger partial charge in [-0.25, -0.2) is 0 Å². The number of aliphatic carboxylic acids is 1. The van der Waals surface area contributed by atoms with Gasteiger partial charge in [0.25, 0.3) is 0 Å². The number of aryl methyl sites for hydroxylation is 1. The van der Waals surface area contributed by atoms with Crippen molar-refractivity contribution in [3.05, 3.63) is 60.2 Å². The summed E-state index contributed by atoms with van der Waals surface area (Å²) in [5.74, 6) is -1.01. The summed E-state index contributed by atoms with van der Waals surface area (Å²) in [5, 5.41) is 39.5. The predicted octanol–water partition coefficient (Wildman–Crippen LogP) is 3.49. The Morgan fingerprint density at radius 3 is 2.59 bits per heavy atom. The van der Waals surface area contributed by atoms with Gasteiger partial charge in [-0.1, -0.05) is 54.6 Å². The Hall–Kier alpha value is -1.95. The highest BCUT2D eigenvalue weighted by Crippen LogP contribution is 2.36. The molecule has 0 bridgehead atoms. The average Bonchev–Trinajstić information content (AvgIpc) is 2.97. The van der Waals surface area contributed by atoms with Crippen LogP contribution >= 0.6 is 0 Å². The minimum absolute atomic E-state index is 0.0714. The van der Waals surface area contributed by atoms with Gasteiger partial charge in [0.2, 0.25) is 0 Å². The lowest BCUT2D eigenvalue weighted by atomic mass is 9.89. The molecule has 1 aliphatic carbocycles. The van der Waals surface area contributed by atoms with Crippen LogP contribution in [0.15, 0.2) is 54.6 Å². The molecule has 0 heterocycles. The van der Waals surface area contributed by atoms with E-state index in [0.717, 1.165) is 19.3 Å². The van der Waals surface area contributed by atoms with E-state index in [-0.39, 0.29) is 18.3 Å². The van der Waals surface area contributed by atoms with Gasteiger partial charge < -0.3 is 20.4 Å². The van der Waals surface area contributed by atoms with Crippen LogP contribution < -0.4 is 0 Å². The summed E-state index contributed by atoms with van der Waals surface area (Å²) in [6.45, 7) is 0. The fourth-order valence-corrected chi connectivity index (χ4v) is 3.93. The molecule has 29 heavy (non-hydrogen) atoms. The SMILES string of the molecule is O=C(O)CCCCC=CCC1C(O)CC(O)C1C=CC(O)CCc1ccccc1. The van der Waals surface area contributed by atoms with E-state index in [1.165, 1.54) is 5.56 Å². The van der Waals surface area contributed by atoms with Crippen molar-refractivity contribution in [2.24, 2.45) is 11.8 Å². The lowest BCUT2D eigenvalue weighted by Crippen LogP contribution is -2.20. The van der Waals surface area contributed by atoms with Crippen molar-refractivity contribution in [2.75, 3.05) is 0 Å². The number of aliphatic hydroxyl groups is 3. The summed E-state index contributed by atoms with van der Waals surface area (Å²) in [4.78, 5) is 10.5. The maximum absolute atomic E-state index is 10.5. The van der Waals surface area contributed by atoms with Gasteiger partial charge in [-0.2, -0.15) is 0 Å². The van der Waals surface area contributed by atoms with Crippen LogP contribution in [-0.4, -0.2) is 44.7 Å². The first kappa shape index (κ1) is 23.3. The van der Waals surface area contributed by atoms with E-state index in [1.807, 2.05) is 48.6 Å². The molecule has 5 heteroatoms. The molecule has 5 unspecified atom stereocenters. The van der Waals surface area contributed by atoms with E-state index in [9.17, 15) is 20.1 Å². The van der Waals surface area contributed by atoms with Crippen LogP contribution in [0.4, 0.5) is 0 Å². The molecule has 0 aromatic heterocycles. The molecule has 0 amide bonds. The Kier molecular flexibility index (Phi) is 10.1. The summed E-state index contributed by atoms with van der Waals surface area (Å²) in [7, 11) is 0. The molecular weight excluding hydrogens is 368 g/mol. The van der Waals surface area contributed by atoms with Gasteiger partial charge in [0.1, 0.15) is 0 Å². The molecule has 1 fully saturated rings. The molecule has 0 aliphatic heterocycles. The van der Waals surface area contributed by atoms with Crippen LogP contribution in [0.5, 0.6) is 0 Å². The van der Waals surface area contributed by atoms with E-state index in [1.54, 1.807) is 6.08 Å². The first-order valence-electron chi connectivity index (χ1n) is 10.6. The van der Waals surface area contributed by atoms with Crippen LogP contribution in [0.1, 0.15) is 50.5 Å². The topological polar surface area (TPSA) is 98.0 Å². The molecule has 1 aromatic carbocycles. The number of carboxylic acid groups (broad SMARTS) is 1. The number of hydrogen-bond acceptors (Lipinski definition) is 4. The van der Waals surface area contributed by atoms with Crippen molar-refractivity contribution in [3.63, 3.8) is 0 Å². The van der Waals surface area contributed by atoms with Gasteiger partial charge in [0, 0.05) is 18.8 Å². The molecule has 4 N–H and O–H groups in total. The molecule has 5 atom stereocenters. The highest BCUT2D eigenvalue weighted by Gasteiger charge is 2.39. The zero-order chi connectivity index (χ0) is 21.1. The Morgan fingerprint density at radius 1 is 1.10 bits per heavy atom. The molecule has 1 aromatic rings. The normalized spacial score (nSPS) is 25.8. The largest absolute Gasteiger partial charge is 0.481 e. The molecule has 1 aliphatic rings. The van der Waals surface area contributed by atoms with Crippen molar-refractivity contribution in [2.45, 2.75) is 69.7 Å². The van der Waals surface area contributed by atoms with Gasteiger partial charge in [0.05, 0.1) is 18.3 Å². The number of unbranched alkanes of at least 4 members (excludes halogenated alkanes) is 2. The van der Waals surface area contributed by atoms with E-state index < -0.39 is 24.3 Å². The van der Waals surface area contributed by atoms with Crippen molar-refractivity contribution in [1.29, 1.82) is 0 Å². The number of hydrogen-bond donors (Lipinski definition) is 4. The number of carbonyl (C=O) groups is 1. The summed E-state index contributed by atoms with van der Waals surface area (Å²) in [5.41, 5.74) is 1.18. The van der Waals surface area contributed by atoms with Crippen molar-refractivity contribution in [3.8, 4) is 0 Å². The van der Waals surface area contributed by atoms with Gasteiger partial charge in [-0.3, -0.25) is 4.79 Å². The zero-order valence-electron chi connectivity index (χ0n) is 16.9. The molecule has 160 valence electrons. The summed E-state index contributed by atoms with van der Waals surface area (Å²) in [6, 6.07) is 10.0. The second-order valence-corrected chi connectivity index (χ2v) is 7.93.